The zero-order valence-electron chi connectivity index (χ0n) is 13.8. The molecule has 2 fully saturated rings. The van der Waals surface area contributed by atoms with Crippen LogP contribution in [-0.2, 0) is 0 Å². The Labute approximate surface area is 130 Å². The molecule has 0 unspecified atom stereocenters. The summed E-state index contributed by atoms with van der Waals surface area (Å²) in [7, 11) is 0. The van der Waals surface area contributed by atoms with Crippen molar-refractivity contribution in [2.75, 3.05) is 0 Å². The fourth-order valence-corrected chi connectivity index (χ4v) is 4.27. The Hall–Kier alpha value is -0.820. The molecule has 0 amide bonds. The lowest BCUT2D eigenvalue weighted by Gasteiger charge is -2.40. The molecule has 0 bridgehead atoms. The van der Waals surface area contributed by atoms with Crippen molar-refractivity contribution in [2.45, 2.75) is 83.2 Å². The van der Waals surface area contributed by atoms with E-state index in [4.69, 9.17) is 0 Å². The summed E-state index contributed by atoms with van der Waals surface area (Å²) >= 11 is 0. The molecule has 0 saturated heterocycles. The van der Waals surface area contributed by atoms with Crippen molar-refractivity contribution in [3.8, 4) is 0 Å². The summed E-state index contributed by atoms with van der Waals surface area (Å²) in [4.78, 5) is 0. The summed E-state index contributed by atoms with van der Waals surface area (Å²) in [5.41, 5.74) is 2.95. The lowest BCUT2D eigenvalue weighted by molar-refractivity contribution is 0.228. The minimum Gasteiger partial charge on any atom is -0.311 e. The topological polar surface area (TPSA) is 12.0 Å². The normalized spacial score (nSPS) is 28.7. The predicted octanol–water partition coefficient (Wildman–Crippen LogP) is 5.19. The highest BCUT2D eigenvalue weighted by Crippen LogP contribution is 2.38. The molecule has 116 valence electrons. The van der Waals surface area contributed by atoms with E-state index in [9.17, 15) is 0 Å². The second-order valence-electron chi connectivity index (χ2n) is 7.49. The van der Waals surface area contributed by atoms with Gasteiger partial charge in [-0.05, 0) is 56.9 Å². The number of hydrogen-bond donors (Lipinski definition) is 1. The molecule has 1 N–H and O–H groups in total. The number of nitrogens with one attached hydrogen (secondary N) is 1. The van der Waals surface area contributed by atoms with Crippen molar-refractivity contribution in [1.29, 1.82) is 0 Å². The Morgan fingerprint density at radius 1 is 1.05 bits per heavy atom. The first-order valence-corrected chi connectivity index (χ1v) is 9.05. The van der Waals surface area contributed by atoms with Crippen LogP contribution in [0.2, 0.25) is 0 Å². The molecular weight excluding hydrogens is 254 g/mol. The maximum absolute atomic E-state index is 3.93. The summed E-state index contributed by atoms with van der Waals surface area (Å²) < 4.78 is 0. The van der Waals surface area contributed by atoms with E-state index in [1.165, 1.54) is 56.9 Å². The smallest absolute Gasteiger partial charge is 0.00813 e. The van der Waals surface area contributed by atoms with Crippen LogP contribution in [0.5, 0.6) is 0 Å². The quantitative estimate of drug-likeness (QED) is 0.751. The van der Waals surface area contributed by atoms with Crippen LogP contribution in [0.15, 0.2) is 24.3 Å². The molecule has 2 saturated carbocycles. The lowest BCUT2D eigenvalue weighted by atomic mass is 9.75. The molecule has 2 aliphatic rings. The first-order valence-electron chi connectivity index (χ1n) is 9.05. The van der Waals surface area contributed by atoms with Crippen molar-refractivity contribution < 1.29 is 0 Å². The number of benzene rings is 1. The van der Waals surface area contributed by atoms with E-state index in [0.717, 1.165) is 17.9 Å². The first-order chi connectivity index (χ1) is 10.2. The molecule has 3 rings (SSSR count). The van der Waals surface area contributed by atoms with Crippen molar-refractivity contribution in [3.05, 3.63) is 35.4 Å². The van der Waals surface area contributed by atoms with Crippen LogP contribution >= 0.6 is 0 Å². The molecule has 0 spiro atoms. The maximum Gasteiger partial charge on any atom is 0.00813 e. The Balaban J connectivity index is 1.45. The Bertz CT molecular complexity index is 439. The van der Waals surface area contributed by atoms with Gasteiger partial charge in [0, 0.05) is 12.1 Å². The standard InChI is InChI=1S/C20H31N/c1-15-8-7-11-18(12-15)19-13-20(14-19)21-16(2)17-9-5-3-4-6-10-17/h7-8,11-12,16-17,19-21H,3-6,9-10,13-14H2,1-2H3/t16-,19?,20?/m0/s1. The molecule has 0 aliphatic heterocycles. The number of rotatable bonds is 4. The summed E-state index contributed by atoms with van der Waals surface area (Å²) in [6, 6.07) is 10.6. The van der Waals surface area contributed by atoms with E-state index >= 15 is 0 Å². The third kappa shape index (κ3) is 3.88. The third-order valence-electron chi connectivity index (χ3n) is 5.76. The minimum atomic E-state index is 0.714. The predicted molar refractivity (Wildman–Crippen MR) is 90.7 cm³/mol. The van der Waals surface area contributed by atoms with Crippen LogP contribution < -0.4 is 5.32 Å². The van der Waals surface area contributed by atoms with E-state index in [-0.39, 0.29) is 0 Å². The van der Waals surface area contributed by atoms with E-state index in [1.807, 2.05) is 0 Å². The Kier molecular flexibility index (Phi) is 5.00. The van der Waals surface area contributed by atoms with Crippen LogP contribution in [0.25, 0.3) is 0 Å². The highest BCUT2D eigenvalue weighted by Gasteiger charge is 2.32. The average molecular weight is 285 g/mol. The van der Waals surface area contributed by atoms with E-state index in [1.54, 1.807) is 5.56 Å². The molecular formula is C20H31N. The molecule has 1 heteroatoms. The molecule has 1 nitrogen and oxygen atoms in total. The van der Waals surface area contributed by atoms with Gasteiger partial charge in [0.2, 0.25) is 0 Å². The van der Waals surface area contributed by atoms with Gasteiger partial charge in [0.05, 0.1) is 0 Å². The summed E-state index contributed by atoms with van der Waals surface area (Å²) in [5, 5.41) is 3.93. The fraction of sp³-hybridized carbons (Fsp3) is 0.700. The first kappa shape index (κ1) is 15.1. The summed E-state index contributed by atoms with van der Waals surface area (Å²) in [6.07, 6.45) is 11.4. The molecule has 1 atom stereocenters. The minimum absolute atomic E-state index is 0.714. The van der Waals surface area contributed by atoms with E-state index in [2.05, 4.69) is 43.4 Å². The highest BCUT2D eigenvalue weighted by atomic mass is 15.0. The second-order valence-corrected chi connectivity index (χ2v) is 7.49. The lowest BCUT2D eigenvalue weighted by Crippen LogP contribution is -2.47. The molecule has 0 radical (unpaired) electrons. The zero-order chi connectivity index (χ0) is 14.7. The van der Waals surface area contributed by atoms with E-state index in [0.29, 0.717) is 6.04 Å². The second kappa shape index (κ2) is 6.96. The molecule has 0 aromatic heterocycles. The van der Waals surface area contributed by atoms with Crippen molar-refractivity contribution >= 4 is 0 Å². The van der Waals surface area contributed by atoms with Gasteiger partial charge in [-0.25, -0.2) is 0 Å². The average Bonchev–Trinajstić information content (AvgIpc) is 2.71. The largest absolute Gasteiger partial charge is 0.311 e. The van der Waals surface area contributed by atoms with Gasteiger partial charge in [0.15, 0.2) is 0 Å². The molecule has 21 heavy (non-hydrogen) atoms. The maximum atomic E-state index is 3.93. The summed E-state index contributed by atoms with van der Waals surface area (Å²) in [5.74, 6) is 1.72. The van der Waals surface area contributed by atoms with Crippen molar-refractivity contribution in [1.82, 2.24) is 5.32 Å². The van der Waals surface area contributed by atoms with Crippen LogP contribution in [0.4, 0.5) is 0 Å². The summed E-state index contributed by atoms with van der Waals surface area (Å²) in [6.45, 7) is 4.63. The van der Waals surface area contributed by atoms with Gasteiger partial charge >= 0.3 is 0 Å². The van der Waals surface area contributed by atoms with Crippen LogP contribution in [0, 0.1) is 12.8 Å². The van der Waals surface area contributed by atoms with Gasteiger partial charge in [0.1, 0.15) is 0 Å². The van der Waals surface area contributed by atoms with Gasteiger partial charge in [-0.15, -0.1) is 0 Å². The zero-order valence-corrected chi connectivity index (χ0v) is 13.8. The molecule has 0 heterocycles. The SMILES string of the molecule is Cc1cccc(C2CC(N[C@@H](C)C3CCCCCC3)C2)c1. The van der Waals surface area contributed by atoms with Crippen LogP contribution in [-0.4, -0.2) is 12.1 Å². The third-order valence-corrected chi connectivity index (χ3v) is 5.76. The number of aryl methyl sites for hydroxylation is 1. The van der Waals surface area contributed by atoms with Gasteiger partial charge in [-0.2, -0.15) is 0 Å². The van der Waals surface area contributed by atoms with Gasteiger partial charge in [-0.3, -0.25) is 0 Å². The van der Waals surface area contributed by atoms with Gasteiger partial charge in [0.25, 0.3) is 0 Å². The molecule has 2 aliphatic carbocycles. The van der Waals surface area contributed by atoms with Crippen molar-refractivity contribution in [3.63, 3.8) is 0 Å². The van der Waals surface area contributed by atoms with Crippen LogP contribution in [0.1, 0.15) is 75.3 Å². The Morgan fingerprint density at radius 2 is 1.76 bits per heavy atom. The molecule has 1 aromatic carbocycles. The van der Waals surface area contributed by atoms with Crippen LogP contribution in [0.3, 0.4) is 0 Å². The molecule has 1 aromatic rings. The fourth-order valence-electron chi connectivity index (χ4n) is 4.27. The van der Waals surface area contributed by atoms with E-state index < -0.39 is 0 Å². The monoisotopic (exact) mass is 285 g/mol. The van der Waals surface area contributed by atoms with Crippen molar-refractivity contribution in [2.24, 2.45) is 5.92 Å². The van der Waals surface area contributed by atoms with Gasteiger partial charge < -0.3 is 5.32 Å². The van der Waals surface area contributed by atoms with Gasteiger partial charge in [-0.1, -0.05) is 55.5 Å². The Morgan fingerprint density at radius 3 is 2.43 bits per heavy atom. The number of hydrogen-bond acceptors (Lipinski definition) is 1. The highest BCUT2D eigenvalue weighted by molar-refractivity contribution is 5.27.